The molecule has 0 saturated heterocycles. The smallest absolute Gasteiger partial charge is 0.218 e. The number of nitrogens with two attached hydrogens (primary N) is 2. The molecule has 1 aliphatic rings. The predicted molar refractivity (Wildman–Crippen MR) is 55.6 cm³/mol. The maximum absolute atomic E-state index is 10.8. The number of rotatable bonds is 3. The van der Waals surface area contributed by atoms with E-state index in [1.54, 1.807) is 0 Å². The van der Waals surface area contributed by atoms with Crippen LogP contribution in [0.4, 0.5) is 0 Å². The third kappa shape index (κ3) is 3.53. The van der Waals surface area contributed by atoms with Crippen LogP contribution in [0, 0.1) is 5.41 Å². The van der Waals surface area contributed by atoms with Gasteiger partial charge in [0.2, 0.25) is 5.91 Å². The van der Waals surface area contributed by atoms with Crippen molar-refractivity contribution in [3.63, 3.8) is 0 Å². The van der Waals surface area contributed by atoms with Crippen molar-refractivity contribution in [3.8, 4) is 0 Å². The molecule has 3 nitrogen and oxygen atoms in total. The van der Waals surface area contributed by atoms with Crippen LogP contribution in [0.2, 0.25) is 0 Å². The van der Waals surface area contributed by atoms with Gasteiger partial charge < -0.3 is 11.5 Å². The van der Waals surface area contributed by atoms with Crippen LogP contribution in [-0.4, -0.2) is 12.5 Å². The molecule has 0 aromatic heterocycles. The predicted octanol–water partition coefficient (Wildman–Crippen LogP) is 1.19. The molecule has 0 unspecified atom stereocenters. The SMILES string of the molecule is Cl.NCC1(CC(N)=O)CCCCC1. The van der Waals surface area contributed by atoms with Gasteiger partial charge in [0.25, 0.3) is 0 Å². The van der Waals surface area contributed by atoms with Gasteiger partial charge in [-0.3, -0.25) is 4.79 Å². The highest BCUT2D eigenvalue weighted by Gasteiger charge is 2.31. The largest absolute Gasteiger partial charge is 0.370 e. The number of amides is 1. The third-order valence-corrected chi connectivity index (χ3v) is 2.90. The van der Waals surface area contributed by atoms with E-state index >= 15 is 0 Å². The Hall–Kier alpha value is -0.280. The topological polar surface area (TPSA) is 69.1 Å². The Kier molecular flexibility index (Phi) is 5.33. The van der Waals surface area contributed by atoms with Gasteiger partial charge in [0.15, 0.2) is 0 Å². The summed E-state index contributed by atoms with van der Waals surface area (Å²) in [6.07, 6.45) is 6.30. The molecule has 1 fully saturated rings. The molecule has 4 N–H and O–H groups in total. The van der Waals surface area contributed by atoms with Gasteiger partial charge in [-0.25, -0.2) is 0 Å². The van der Waals surface area contributed by atoms with E-state index in [-0.39, 0.29) is 23.7 Å². The van der Waals surface area contributed by atoms with Gasteiger partial charge in [-0.05, 0) is 24.8 Å². The van der Waals surface area contributed by atoms with Crippen LogP contribution >= 0.6 is 12.4 Å². The van der Waals surface area contributed by atoms with E-state index in [0.29, 0.717) is 13.0 Å². The molecule has 1 aliphatic carbocycles. The molecule has 0 spiro atoms. The zero-order valence-electron chi connectivity index (χ0n) is 7.92. The molecule has 1 rings (SSSR count). The highest BCUT2D eigenvalue weighted by molar-refractivity contribution is 5.85. The third-order valence-electron chi connectivity index (χ3n) is 2.90. The van der Waals surface area contributed by atoms with Crippen molar-refractivity contribution < 1.29 is 4.79 Å². The fourth-order valence-electron chi connectivity index (χ4n) is 2.12. The monoisotopic (exact) mass is 206 g/mol. The maximum atomic E-state index is 10.8. The Morgan fingerprint density at radius 3 is 2.15 bits per heavy atom. The fourth-order valence-corrected chi connectivity index (χ4v) is 2.12. The Balaban J connectivity index is 0.00000144. The van der Waals surface area contributed by atoms with Gasteiger partial charge in [0, 0.05) is 6.42 Å². The zero-order chi connectivity index (χ0) is 9.03. The summed E-state index contributed by atoms with van der Waals surface area (Å²) in [5.41, 5.74) is 10.9. The highest BCUT2D eigenvalue weighted by atomic mass is 35.5. The normalized spacial score (nSPS) is 20.4. The Bertz CT molecular complexity index is 167. The van der Waals surface area contributed by atoms with E-state index in [4.69, 9.17) is 11.5 Å². The van der Waals surface area contributed by atoms with E-state index in [1.807, 2.05) is 0 Å². The quantitative estimate of drug-likeness (QED) is 0.729. The fraction of sp³-hybridized carbons (Fsp3) is 0.889. The lowest BCUT2D eigenvalue weighted by Gasteiger charge is -2.35. The second-order valence-corrected chi connectivity index (χ2v) is 3.91. The first-order valence-corrected chi connectivity index (χ1v) is 4.67. The average Bonchev–Trinajstić information content (AvgIpc) is 2.05. The molecule has 13 heavy (non-hydrogen) atoms. The number of hydrogen-bond donors (Lipinski definition) is 2. The van der Waals surface area contributed by atoms with E-state index in [9.17, 15) is 4.79 Å². The first-order valence-electron chi connectivity index (χ1n) is 4.67. The summed E-state index contributed by atoms with van der Waals surface area (Å²) in [6.45, 7) is 0.607. The van der Waals surface area contributed by atoms with E-state index in [2.05, 4.69) is 0 Å². The van der Waals surface area contributed by atoms with Gasteiger partial charge in [-0.15, -0.1) is 12.4 Å². The summed E-state index contributed by atoms with van der Waals surface area (Å²) in [4.78, 5) is 10.8. The van der Waals surface area contributed by atoms with Gasteiger partial charge in [-0.1, -0.05) is 19.3 Å². The summed E-state index contributed by atoms with van der Waals surface area (Å²) in [5, 5.41) is 0. The van der Waals surface area contributed by atoms with Gasteiger partial charge in [0.05, 0.1) is 0 Å². The van der Waals surface area contributed by atoms with Crippen molar-refractivity contribution in [2.75, 3.05) is 6.54 Å². The van der Waals surface area contributed by atoms with Crippen LogP contribution in [0.25, 0.3) is 0 Å². The Morgan fingerprint density at radius 2 is 1.77 bits per heavy atom. The first kappa shape index (κ1) is 12.7. The highest BCUT2D eigenvalue weighted by Crippen LogP contribution is 2.37. The minimum Gasteiger partial charge on any atom is -0.370 e. The van der Waals surface area contributed by atoms with Crippen molar-refractivity contribution in [3.05, 3.63) is 0 Å². The summed E-state index contributed by atoms with van der Waals surface area (Å²) in [7, 11) is 0. The minimum atomic E-state index is -0.206. The lowest BCUT2D eigenvalue weighted by molar-refractivity contribution is -0.120. The van der Waals surface area contributed by atoms with E-state index < -0.39 is 0 Å². The van der Waals surface area contributed by atoms with Crippen molar-refractivity contribution in [1.82, 2.24) is 0 Å². The van der Waals surface area contributed by atoms with Crippen molar-refractivity contribution in [1.29, 1.82) is 0 Å². The molecular formula is C9H19ClN2O. The molecule has 1 amide bonds. The molecule has 0 atom stereocenters. The van der Waals surface area contributed by atoms with Crippen LogP contribution in [0.15, 0.2) is 0 Å². The van der Waals surface area contributed by atoms with Gasteiger partial charge in [-0.2, -0.15) is 0 Å². The molecule has 0 aromatic carbocycles. The van der Waals surface area contributed by atoms with Crippen molar-refractivity contribution in [2.45, 2.75) is 38.5 Å². The van der Waals surface area contributed by atoms with Crippen LogP contribution < -0.4 is 11.5 Å². The molecule has 0 aromatic rings. The second-order valence-electron chi connectivity index (χ2n) is 3.91. The molecule has 0 aliphatic heterocycles. The standard InChI is InChI=1S/C9H18N2O.ClH/c10-7-9(6-8(11)12)4-2-1-3-5-9;/h1-7,10H2,(H2,11,12);1H. The van der Waals surface area contributed by atoms with Gasteiger partial charge >= 0.3 is 0 Å². The summed E-state index contributed by atoms with van der Waals surface area (Å²) in [5.74, 6) is -0.206. The summed E-state index contributed by atoms with van der Waals surface area (Å²) in [6, 6.07) is 0. The molecule has 78 valence electrons. The average molecular weight is 207 g/mol. The molecular weight excluding hydrogens is 188 g/mol. The number of hydrogen-bond acceptors (Lipinski definition) is 2. The Morgan fingerprint density at radius 1 is 1.23 bits per heavy atom. The number of halogens is 1. The lowest BCUT2D eigenvalue weighted by Crippen LogP contribution is -2.36. The van der Waals surface area contributed by atoms with Crippen LogP contribution in [0.5, 0.6) is 0 Å². The molecule has 1 saturated carbocycles. The van der Waals surface area contributed by atoms with Crippen molar-refractivity contribution in [2.24, 2.45) is 16.9 Å². The maximum Gasteiger partial charge on any atom is 0.218 e. The second kappa shape index (κ2) is 5.45. The molecule has 0 heterocycles. The van der Waals surface area contributed by atoms with Gasteiger partial charge in [0.1, 0.15) is 0 Å². The molecule has 4 heteroatoms. The van der Waals surface area contributed by atoms with E-state index in [0.717, 1.165) is 12.8 Å². The minimum absolute atomic E-state index is 0. The van der Waals surface area contributed by atoms with Crippen LogP contribution in [0.1, 0.15) is 38.5 Å². The van der Waals surface area contributed by atoms with Crippen LogP contribution in [-0.2, 0) is 4.79 Å². The number of carbonyl (C=O) groups excluding carboxylic acids is 1. The first-order chi connectivity index (χ1) is 5.68. The molecule has 0 radical (unpaired) electrons. The summed E-state index contributed by atoms with van der Waals surface area (Å²) >= 11 is 0. The van der Waals surface area contributed by atoms with Crippen LogP contribution in [0.3, 0.4) is 0 Å². The number of carbonyl (C=O) groups is 1. The Labute approximate surface area is 85.6 Å². The number of primary amides is 1. The zero-order valence-corrected chi connectivity index (χ0v) is 8.74. The van der Waals surface area contributed by atoms with E-state index in [1.165, 1.54) is 19.3 Å². The molecule has 0 bridgehead atoms. The summed E-state index contributed by atoms with van der Waals surface area (Å²) < 4.78 is 0. The van der Waals surface area contributed by atoms with Crippen molar-refractivity contribution >= 4 is 18.3 Å². The lowest BCUT2D eigenvalue weighted by atomic mass is 9.72.